The summed E-state index contributed by atoms with van der Waals surface area (Å²) in [6.45, 7) is 11.5. The highest BCUT2D eigenvalue weighted by molar-refractivity contribution is 5.40. The zero-order valence-electron chi connectivity index (χ0n) is 12.7. The van der Waals surface area contributed by atoms with E-state index in [9.17, 15) is 0 Å². The van der Waals surface area contributed by atoms with Crippen LogP contribution in [0.4, 0.5) is 0 Å². The first-order valence-electron chi connectivity index (χ1n) is 6.85. The summed E-state index contributed by atoms with van der Waals surface area (Å²) in [5, 5.41) is 21.3. The van der Waals surface area contributed by atoms with Crippen LogP contribution in [-0.2, 0) is 12.0 Å². The fraction of sp³-hybridized carbons (Fsp3) is 0.625. The molecule has 0 amide bonds. The van der Waals surface area contributed by atoms with Gasteiger partial charge in [-0.05, 0) is 41.5 Å². The molecule has 0 aromatic heterocycles. The van der Waals surface area contributed by atoms with E-state index < -0.39 is 0 Å². The van der Waals surface area contributed by atoms with Crippen molar-refractivity contribution in [2.45, 2.75) is 52.6 Å². The topological polar surface area (TPSA) is 52.5 Å². The Labute approximate surface area is 116 Å². The third-order valence-corrected chi connectivity index (χ3v) is 3.57. The second kappa shape index (κ2) is 6.51. The lowest BCUT2D eigenvalue weighted by molar-refractivity contribution is 0.170. The third-order valence-electron chi connectivity index (χ3n) is 3.57. The molecule has 3 N–H and O–H groups in total. The van der Waals surface area contributed by atoms with Gasteiger partial charge in [-0.3, -0.25) is 0 Å². The van der Waals surface area contributed by atoms with Gasteiger partial charge in [0, 0.05) is 6.54 Å². The first-order valence-corrected chi connectivity index (χ1v) is 6.85. The Kier molecular flexibility index (Phi) is 5.53. The number of hydrogen-bond acceptors (Lipinski definition) is 3. The highest BCUT2D eigenvalue weighted by atomic mass is 16.3. The molecule has 0 bridgehead atoms. The Hall–Kier alpha value is -0.900. The predicted octanol–water partition coefficient (Wildman–Crippen LogP) is 2.04. The smallest absolute Gasteiger partial charge is 0.0607 e. The Bertz CT molecular complexity index is 394. The van der Waals surface area contributed by atoms with Gasteiger partial charge in [0.2, 0.25) is 0 Å². The highest BCUT2D eigenvalue weighted by Gasteiger charge is 2.16. The van der Waals surface area contributed by atoms with Crippen LogP contribution in [0.3, 0.4) is 0 Å². The quantitative estimate of drug-likeness (QED) is 0.763. The maximum Gasteiger partial charge on any atom is 0.0607 e. The lowest BCUT2D eigenvalue weighted by Gasteiger charge is -2.23. The number of aliphatic hydroxyl groups excluding tert-OH is 2. The van der Waals surface area contributed by atoms with Crippen LogP contribution in [0, 0.1) is 13.8 Å². The van der Waals surface area contributed by atoms with E-state index in [1.807, 2.05) is 0 Å². The van der Waals surface area contributed by atoms with Gasteiger partial charge in [-0.15, -0.1) is 0 Å². The second-order valence-electron chi connectivity index (χ2n) is 6.28. The van der Waals surface area contributed by atoms with Gasteiger partial charge in [0.15, 0.2) is 0 Å². The predicted molar refractivity (Wildman–Crippen MR) is 79.4 cm³/mol. The number of rotatable bonds is 5. The van der Waals surface area contributed by atoms with Gasteiger partial charge >= 0.3 is 0 Å². The summed E-state index contributed by atoms with van der Waals surface area (Å²) < 4.78 is 0. The van der Waals surface area contributed by atoms with E-state index in [0.29, 0.717) is 6.54 Å². The summed E-state index contributed by atoms with van der Waals surface area (Å²) in [5.74, 6) is 0. The van der Waals surface area contributed by atoms with Gasteiger partial charge in [-0.25, -0.2) is 0 Å². The molecule has 0 spiro atoms. The maximum atomic E-state index is 9.07. The van der Waals surface area contributed by atoms with Crippen molar-refractivity contribution in [2.24, 2.45) is 0 Å². The molecule has 0 unspecified atom stereocenters. The second-order valence-corrected chi connectivity index (χ2v) is 6.28. The summed E-state index contributed by atoms with van der Waals surface area (Å²) in [6, 6.07) is 4.22. The Morgan fingerprint density at radius 3 is 1.89 bits per heavy atom. The number of nitrogens with one attached hydrogen (secondary N) is 1. The van der Waals surface area contributed by atoms with Crippen molar-refractivity contribution in [3.8, 4) is 0 Å². The molecule has 0 saturated carbocycles. The van der Waals surface area contributed by atoms with Crippen molar-refractivity contribution >= 4 is 0 Å². The fourth-order valence-electron chi connectivity index (χ4n) is 2.14. The molecule has 0 aliphatic carbocycles. The largest absolute Gasteiger partial charge is 0.395 e. The van der Waals surface area contributed by atoms with Gasteiger partial charge in [0.1, 0.15) is 0 Å². The molecule has 108 valence electrons. The van der Waals surface area contributed by atoms with Crippen LogP contribution in [0.2, 0.25) is 0 Å². The van der Waals surface area contributed by atoms with Crippen LogP contribution in [0.1, 0.15) is 43.0 Å². The van der Waals surface area contributed by atoms with Crippen LogP contribution in [-0.4, -0.2) is 29.5 Å². The molecule has 1 rings (SSSR count). The molecule has 0 atom stereocenters. The average molecular weight is 265 g/mol. The summed E-state index contributed by atoms with van der Waals surface area (Å²) >= 11 is 0. The van der Waals surface area contributed by atoms with Crippen LogP contribution in [0.5, 0.6) is 0 Å². The summed E-state index contributed by atoms with van der Waals surface area (Å²) in [7, 11) is 0. The lowest BCUT2D eigenvalue weighted by atomic mass is 9.84. The minimum atomic E-state index is -0.249. The average Bonchev–Trinajstić information content (AvgIpc) is 2.31. The van der Waals surface area contributed by atoms with Gasteiger partial charge in [0.05, 0.1) is 19.3 Å². The summed E-state index contributed by atoms with van der Waals surface area (Å²) in [6.07, 6.45) is 0. The van der Waals surface area contributed by atoms with Crippen molar-refractivity contribution in [1.29, 1.82) is 0 Å². The number of hydrogen-bond donors (Lipinski definition) is 3. The van der Waals surface area contributed by atoms with Crippen molar-refractivity contribution in [1.82, 2.24) is 5.32 Å². The van der Waals surface area contributed by atoms with Crippen LogP contribution >= 0.6 is 0 Å². The molecule has 3 nitrogen and oxygen atoms in total. The zero-order chi connectivity index (χ0) is 14.6. The summed E-state index contributed by atoms with van der Waals surface area (Å²) in [4.78, 5) is 0. The van der Waals surface area contributed by atoms with Crippen LogP contribution < -0.4 is 5.32 Å². The van der Waals surface area contributed by atoms with Crippen molar-refractivity contribution < 1.29 is 10.2 Å². The minimum Gasteiger partial charge on any atom is -0.395 e. The third kappa shape index (κ3) is 4.30. The Morgan fingerprint density at radius 2 is 1.53 bits per heavy atom. The molecule has 0 radical (unpaired) electrons. The molecule has 1 aromatic carbocycles. The molecule has 3 heteroatoms. The van der Waals surface area contributed by atoms with E-state index in [4.69, 9.17) is 10.2 Å². The summed E-state index contributed by atoms with van der Waals surface area (Å²) in [5.41, 5.74) is 5.26. The molecule has 0 aliphatic rings. The fourth-order valence-corrected chi connectivity index (χ4v) is 2.14. The van der Waals surface area contributed by atoms with E-state index in [0.717, 1.165) is 0 Å². The van der Waals surface area contributed by atoms with E-state index in [2.05, 4.69) is 52.1 Å². The normalized spacial score (nSPS) is 12.2. The molecular formula is C16H27NO2. The number of benzene rings is 1. The van der Waals surface area contributed by atoms with E-state index in [-0.39, 0.29) is 24.7 Å². The van der Waals surface area contributed by atoms with Gasteiger partial charge in [0.25, 0.3) is 0 Å². The van der Waals surface area contributed by atoms with Gasteiger partial charge in [-0.2, -0.15) is 0 Å². The highest BCUT2D eigenvalue weighted by Crippen LogP contribution is 2.26. The van der Waals surface area contributed by atoms with Gasteiger partial charge < -0.3 is 15.5 Å². The maximum absolute atomic E-state index is 9.07. The zero-order valence-corrected chi connectivity index (χ0v) is 12.7. The molecular weight excluding hydrogens is 238 g/mol. The molecule has 0 fully saturated rings. The Balaban J connectivity index is 2.92. The molecule has 0 heterocycles. The van der Waals surface area contributed by atoms with Gasteiger partial charge in [-0.1, -0.05) is 32.9 Å². The monoisotopic (exact) mass is 265 g/mol. The van der Waals surface area contributed by atoms with Crippen molar-refractivity contribution in [3.63, 3.8) is 0 Å². The first kappa shape index (κ1) is 16.2. The minimum absolute atomic E-state index is 0.0470. The van der Waals surface area contributed by atoms with Crippen LogP contribution in [0.15, 0.2) is 12.1 Å². The lowest BCUT2D eigenvalue weighted by Crippen LogP contribution is -2.35. The molecule has 0 saturated heterocycles. The SMILES string of the molecule is Cc1cc(C(C)(C)C)cc(C)c1CNC(CO)CO. The Morgan fingerprint density at radius 1 is 1.05 bits per heavy atom. The van der Waals surface area contributed by atoms with E-state index >= 15 is 0 Å². The molecule has 1 aromatic rings. The van der Waals surface area contributed by atoms with Crippen molar-refractivity contribution in [2.75, 3.05) is 13.2 Å². The van der Waals surface area contributed by atoms with Crippen molar-refractivity contribution in [3.05, 3.63) is 34.4 Å². The van der Waals surface area contributed by atoms with Crippen LogP contribution in [0.25, 0.3) is 0 Å². The standard InChI is InChI=1S/C16H27NO2/c1-11-6-13(16(3,4)5)7-12(2)15(11)8-17-14(9-18)10-19/h6-7,14,17-19H,8-10H2,1-5H3. The van der Waals surface area contributed by atoms with E-state index in [1.54, 1.807) is 0 Å². The van der Waals surface area contributed by atoms with E-state index in [1.165, 1.54) is 22.3 Å². The molecule has 19 heavy (non-hydrogen) atoms. The number of aryl methyl sites for hydroxylation is 2. The number of aliphatic hydroxyl groups is 2. The molecule has 0 aliphatic heterocycles. The first-order chi connectivity index (χ1) is 8.79.